The molecule has 0 aromatic heterocycles. The van der Waals surface area contributed by atoms with E-state index in [2.05, 4.69) is 174 Å². The fourth-order valence-electron chi connectivity index (χ4n) is 9.71. The van der Waals surface area contributed by atoms with E-state index in [-0.39, 0.29) is 25.7 Å². The Hall–Kier alpha value is -5.32. The number of esters is 4. The molecular formula is C83H136O17P2. The monoisotopic (exact) mass is 1470 g/mol. The first-order valence-corrected chi connectivity index (χ1v) is 41.7. The molecule has 0 aromatic carbocycles. The molecule has 0 saturated heterocycles. The zero-order valence-corrected chi connectivity index (χ0v) is 65.0. The maximum absolute atomic E-state index is 13.1. The highest BCUT2D eigenvalue weighted by molar-refractivity contribution is 7.47. The van der Waals surface area contributed by atoms with Gasteiger partial charge in [0.25, 0.3) is 0 Å². The van der Waals surface area contributed by atoms with Crippen LogP contribution in [-0.2, 0) is 65.4 Å². The molecule has 0 aliphatic carbocycles. The summed E-state index contributed by atoms with van der Waals surface area (Å²) in [6.07, 6.45) is 85.3. The van der Waals surface area contributed by atoms with E-state index in [0.29, 0.717) is 32.1 Å². The number of rotatable bonds is 71. The van der Waals surface area contributed by atoms with Crippen LogP contribution in [0.4, 0.5) is 0 Å². The normalized spacial score (nSPS) is 14.8. The number of allylic oxidation sites excluding steroid dienone is 26. The molecule has 0 heterocycles. The summed E-state index contributed by atoms with van der Waals surface area (Å²) < 4.78 is 68.4. The first kappa shape index (κ1) is 96.7. The summed E-state index contributed by atoms with van der Waals surface area (Å²) in [5.74, 6) is -2.30. The van der Waals surface area contributed by atoms with E-state index in [9.17, 15) is 43.2 Å². The van der Waals surface area contributed by atoms with Gasteiger partial charge >= 0.3 is 39.5 Å². The van der Waals surface area contributed by atoms with Gasteiger partial charge in [-0.15, -0.1) is 0 Å². The fraction of sp³-hybridized carbons (Fsp3) is 0.639. The highest BCUT2D eigenvalue weighted by atomic mass is 31.2. The van der Waals surface area contributed by atoms with Crippen LogP contribution >= 0.6 is 15.6 Å². The molecule has 5 unspecified atom stereocenters. The number of phosphoric acid groups is 2. The van der Waals surface area contributed by atoms with Crippen LogP contribution in [0.3, 0.4) is 0 Å². The zero-order chi connectivity index (χ0) is 74.6. The molecule has 19 heteroatoms. The lowest BCUT2D eigenvalue weighted by Gasteiger charge is -2.21. The zero-order valence-electron chi connectivity index (χ0n) is 63.2. The van der Waals surface area contributed by atoms with Gasteiger partial charge in [0.15, 0.2) is 12.2 Å². The highest BCUT2D eigenvalue weighted by Gasteiger charge is 2.30. The smallest absolute Gasteiger partial charge is 0.462 e. The number of carbonyl (C=O) groups is 4. The third-order valence-corrected chi connectivity index (χ3v) is 17.4. The van der Waals surface area contributed by atoms with E-state index in [0.717, 1.165) is 161 Å². The van der Waals surface area contributed by atoms with E-state index < -0.39 is 97.5 Å². The van der Waals surface area contributed by atoms with Crippen molar-refractivity contribution in [2.75, 3.05) is 39.6 Å². The summed E-state index contributed by atoms with van der Waals surface area (Å²) in [7, 11) is -9.99. The van der Waals surface area contributed by atoms with E-state index in [4.69, 9.17) is 37.0 Å². The Morgan fingerprint density at radius 2 is 0.520 bits per heavy atom. The number of hydrogen-bond acceptors (Lipinski definition) is 15. The second kappa shape index (κ2) is 74.0. The van der Waals surface area contributed by atoms with E-state index in [1.807, 2.05) is 12.2 Å². The van der Waals surface area contributed by atoms with Crippen molar-refractivity contribution in [1.82, 2.24) is 0 Å². The number of unbranched alkanes of at least 4 members (excludes halogenated alkanes) is 19. The van der Waals surface area contributed by atoms with Crippen LogP contribution in [0.1, 0.15) is 285 Å². The van der Waals surface area contributed by atoms with Crippen LogP contribution in [0.15, 0.2) is 158 Å². The van der Waals surface area contributed by atoms with Crippen molar-refractivity contribution < 1.29 is 80.2 Å². The fourth-order valence-corrected chi connectivity index (χ4v) is 11.3. The summed E-state index contributed by atoms with van der Waals surface area (Å²) in [6.45, 7) is 4.39. The lowest BCUT2D eigenvalue weighted by Crippen LogP contribution is -2.30. The van der Waals surface area contributed by atoms with Gasteiger partial charge in [0.05, 0.1) is 26.4 Å². The molecule has 0 amide bonds. The molecule has 5 atom stereocenters. The van der Waals surface area contributed by atoms with Gasteiger partial charge in [0, 0.05) is 25.7 Å². The minimum Gasteiger partial charge on any atom is -0.462 e. The SMILES string of the molecule is CC/C=C\C/C=C\C/C=C\C/C=C\C/C=C\CCCC(=O)OCC(COP(=O)(O)OCC(O)COP(=O)(O)OCC(COC(=O)CCCCCC/C=C\C/C=C\C/C=C\C/C=C\CC)OC(=O)CCCCCC/C=C\C/C=C\C/C=C\C/C=C\CC)OC(=O)CCCCCCCCCCCCC. The van der Waals surface area contributed by atoms with Gasteiger partial charge in [-0.05, 0) is 141 Å². The second-order valence-corrected chi connectivity index (χ2v) is 28.1. The predicted molar refractivity (Wildman–Crippen MR) is 417 cm³/mol. The number of aliphatic hydroxyl groups is 1. The Balaban J connectivity index is 5.44. The maximum Gasteiger partial charge on any atom is 0.472 e. The van der Waals surface area contributed by atoms with Gasteiger partial charge in [-0.3, -0.25) is 37.3 Å². The molecule has 0 spiro atoms. The van der Waals surface area contributed by atoms with Gasteiger partial charge in [0.2, 0.25) is 0 Å². The molecular weight excluding hydrogens is 1330 g/mol. The molecule has 0 fully saturated rings. The van der Waals surface area contributed by atoms with Crippen LogP contribution in [0.25, 0.3) is 0 Å². The quantitative estimate of drug-likeness (QED) is 0.0169. The molecule has 0 aliphatic heterocycles. The molecule has 580 valence electrons. The lowest BCUT2D eigenvalue weighted by atomic mass is 10.1. The van der Waals surface area contributed by atoms with Crippen LogP contribution in [0, 0.1) is 0 Å². The maximum atomic E-state index is 13.1. The second-order valence-electron chi connectivity index (χ2n) is 25.2. The van der Waals surface area contributed by atoms with Crippen molar-refractivity contribution in [2.45, 2.75) is 303 Å². The van der Waals surface area contributed by atoms with E-state index in [1.54, 1.807) is 0 Å². The Morgan fingerprint density at radius 1 is 0.284 bits per heavy atom. The molecule has 102 heavy (non-hydrogen) atoms. The molecule has 3 N–H and O–H groups in total. The first-order chi connectivity index (χ1) is 49.7. The molecule has 0 rings (SSSR count). The first-order valence-electron chi connectivity index (χ1n) is 38.7. The van der Waals surface area contributed by atoms with E-state index in [1.165, 1.54) is 38.5 Å². The van der Waals surface area contributed by atoms with Gasteiger partial charge < -0.3 is 33.8 Å². The molecule has 0 saturated carbocycles. The molecule has 0 bridgehead atoms. The Kier molecular flexibility index (Phi) is 70.1. The lowest BCUT2D eigenvalue weighted by molar-refractivity contribution is -0.161. The largest absolute Gasteiger partial charge is 0.472 e. The minimum atomic E-state index is -5.00. The highest BCUT2D eigenvalue weighted by Crippen LogP contribution is 2.45. The summed E-state index contributed by atoms with van der Waals surface area (Å²) in [5, 5.41) is 10.6. The van der Waals surface area contributed by atoms with Gasteiger partial charge in [-0.25, -0.2) is 9.13 Å². The van der Waals surface area contributed by atoms with Gasteiger partial charge in [0.1, 0.15) is 19.3 Å². The Labute approximate surface area is 617 Å². The van der Waals surface area contributed by atoms with Crippen molar-refractivity contribution in [2.24, 2.45) is 0 Å². The number of ether oxygens (including phenoxy) is 4. The van der Waals surface area contributed by atoms with Crippen molar-refractivity contribution in [3.05, 3.63) is 158 Å². The van der Waals surface area contributed by atoms with Crippen LogP contribution < -0.4 is 0 Å². The van der Waals surface area contributed by atoms with Crippen molar-refractivity contribution in [1.29, 1.82) is 0 Å². The van der Waals surface area contributed by atoms with Gasteiger partial charge in [-0.2, -0.15) is 0 Å². The van der Waals surface area contributed by atoms with Crippen LogP contribution in [-0.4, -0.2) is 96.7 Å². The van der Waals surface area contributed by atoms with Crippen LogP contribution in [0.2, 0.25) is 0 Å². The third kappa shape index (κ3) is 73.0. The molecule has 0 aliphatic rings. The predicted octanol–water partition coefficient (Wildman–Crippen LogP) is 22.4. The third-order valence-electron chi connectivity index (χ3n) is 15.5. The average molecular weight is 1470 g/mol. The Bertz CT molecular complexity index is 2550. The number of phosphoric ester groups is 2. The summed E-state index contributed by atoms with van der Waals surface area (Å²) >= 11 is 0. The summed E-state index contributed by atoms with van der Waals surface area (Å²) in [6, 6.07) is 0. The van der Waals surface area contributed by atoms with E-state index >= 15 is 0 Å². The molecule has 17 nitrogen and oxygen atoms in total. The van der Waals surface area contributed by atoms with Gasteiger partial charge in [-0.1, -0.05) is 276 Å². The number of aliphatic hydroxyl groups excluding tert-OH is 1. The molecule has 0 radical (unpaired) electrons. The standard InChI is InChI=1S/C83H136O17P2/c1-5-9-13-17-21-25-29-32-35-38-41-44-48-51-55-59-63-67-80(85)93-73-78(99-82(87)69-65-61-57-53-47-28-24-20-16-12-8-4)75-97-101(89,90)95-71-77(84)72-96-102(91,92)98-76-79(100-83(88)70-66-62-58-54-50-46-43-40-37-34-31-27-23-19-15-11-7-3)74-94-81(86)68-64-60-56-52-49-45-42-39-36-33-30-26-22-18-14-10-6-2/h9-11,13-15,21-23,25-27,32-37,41-46,51,55,77-79,84H,5-8,12,16-20,24,28-31,38-40,47-50,52-54,56-76H2,1-4H3,(H,89,90)(H,91,92)/b13-9-,14-10-,15-11-,25-21-,26-22-,27-23-,35-32-,36-33-,37-34-,44-41-,45-42-,46-43-,55-51-. The average Bonchev–Trinajstić information content (AvgIpc) is 0.923. The van der Waals surface area contributed by atoms with Crippen molar-refractivity contribution >= 4 is 39.5 Å². The molecule has 0 aromatic rings. The van der Waals surface area contributed by atoms with Crippen molar-refractivity contribution in [3.63, 3.8) is 0 Å². The number of hydrogen-bond donors (Lipinski definition) is 3. The minimum absolute atomic E-state index is 0.0550. The number of carbonyl (C=O) groups excluding carboxylic acids is 4. The summed E-state index contributed by atoms with van der Waals surface area (Å²) in [4.78, 5) is 72.9. The Morgan fingerprint density at radius 3 is 0.824 bits per heavy atom. The topological polar surface area (TPSA) is 237 Å². The van der Waals surface area contributed by atoms with Crippen molar-refractivity contribution in [3.8, 4) is 0 Å². The summed E-state index contributed by atoms with van der Waals surface area (Å²) in [5.41, 5.74) is 0. The van der Waals surface area contributed by atoms with Crippen LogP contribution in [0.5, 0.6) is 0 Å².